The molecule has 1 rings (SSSR count). The summed E-state index contributed by atoms with van der Waals surface area (Å²) in [5.74, 6) is 0.915. The summed E-state index contributed by atoms with van der Waals surface area (Å²) in [4.78, 5) is 19.9. The van der Waals surface area contributed by atoms with Crippen LogP contribution in [0.15, 0.2) is 12.4 Å². The van der Waals surface area contributed by atoms with Crippen LogP contribution in [0.5, 0.6) is 0 Å². The van der Waals surface area contributed by atoms with Crippen LogP contribution in [-0.4, -0.2) is 28.0 Å². The van der Waals surface area contributed by atoms with E-state index in [-0.39, 0.29) is 11.4 Å². The van der Waals surface area contributed by atoms with Crippen molar-refractivity contribution in [2.45, 2.75) is 40.2 Å². The molecule has 0 aliphatic heterocycles. The molecule has 0 saturated heterocycles. The molecule has 0 fully saturated rings. The van der Waals surface area contributed by atoms with E-state index >= 15 is 0 Å². The Morgan fingerprint density at radius 3 is 2.56 bits per heavy atom. The second-order valence-corrected chi connectivity index (χ2v) is 5.77. The van der Waals surface area contributed by atoms with Gasteiger partial charge in [0.15, 0.2) is 0 Å². The maximum atomic E-state index is 11.8. The van der Waals surface area contributed by atoms with Gasteiger partial charge in [0.25, 0.3) is 5.91 Å². The molecule has 1 aromatic heterocycles. The van der Waals surface area contributed by atoms with Crippen molar-refractivity contribution in [1.29, 1.82) is 0 Å². The van der Waals surface area contributed by atoms with Gasteiger partial charge in [-0.15, -0.1) is 0 Å². The monoisotopic (exact) mass is 250 g/mol. The molecule has 0 atom stereocenters. The molecular weight excluding hydrogens is 228 g/mol. The lowest BCUT2D eigenvalue weighted by Gasteiger charge is -2.21. The fourth-order valence-corrected chi connectivity index (χ4v) is 1.32. The van der Waals surface area contributed by atoms with E-state index in [0.717, 1.165) is 0 Å². The number of nitrogens with one attached hydrogen (secondary N) is 2. The van der Waals surface area contributed by atoms with Crippen LogP contribution in [0, 0.1) is 5.92 Å². The van der Waals surface area contributed by atoms with E-state index in [0.29, 0.717) is 24.0 Å². The maximum Gasteiger partial charge on any atom is 0.270 e. The molecule has 0 bridgehead atoms. The highest BCUT2D eigenvalue weighted by molar-refractivity contribution is 5.92. The van der Waals surface area contributed by atoms with Crippen molar-refractivity contribution in [3.05, 3.63) is 18.1 Å². The number of carbonyl (C=O) groups is 1. The average molecular weight is 250 g/mol. The molecule has 0 saturated carbocycles. The number of hydrogen-bond donors (Lipinski definition) is 2. The van der Waals surface area contributed by atoms with Gasteiger partial charge in [-0.3, -0.25) is 4.79 Å². The van der Waals surface area contributed by atoms with Crippen molar-refractivity contribution in [2.24, 2.45) is 5.92 Å². The third-order valence-electron chi connectivity index (χ3n) is 2.07. The van der Waals surface area contributed by atoms with Crippen molar-refractivity contribution < 1.29 is 4.79 Å². The highest BCUT2D eigenvalue weighted by Gasteiger charge is 2.13. The summed E-state index contributed by atoms with van der Waals surface area (Å²) >= 11 is 0. The topological polar surface area (TPSA) is 66.9 Å². The molecule has 1 amide bonds. The van der Waals surface area contributed by atoms with E-state index in [1.54, 1.807) is 6.07 Å². The number of hydrogen-bond acceptors (Lipinski definition) is 4. The Balaban J connectivity index is 2.72. The Bertz CT molecular complexity index is 410. The van der Waals surface area contributed by atoms with Gasteiger partial charge in [0.05, 0.1) is 0 Å². The van der Waals surface area contributed by atoms with E-state index in [1.807, 2.05) is 34.6 Å². The highest BCUT2D eigenvalue weighted by Crippen LogP contribution is 2.11. The van der Waals surface area contributed by atoms with E-state index in [9.17, 15) is 4.79 Å². The number of rotatable bonds is 4. The van der Waals surface area contributed by atoms with Crippen molar-refractivity contribution in [2.75, 3.05) is 11.9 Å². The molecule has 100 valence electrons. The van der Waals surface area contributed by atoms with Crippen LogP contribution in [0.3, 0.4) is 0 Å². The third-order valence-corrected chi connectivity index (χ3v) is 2.07. The number of amides is 1. The SMILES string of the molecule is CC(C)CNC(=O)c1cc(NC(C)(C)C)ncn1. The number of anilines is 1. The smallest absolute Gasteiger partial charge is 0.270 e. The van der Waals surface area contributed by atoms with Crippen LogP contribution < -0.4 is 10.6 Å². The zero-order valence-corrected chi connectivity index (χ0v) is 11.7. The molecule has 5 heteroatoms. The van der Waals surface area contributed by atoms with Gasteiger partial charge in [0, 0.05) is 18.2 Å². The van der Waals surface area contributed by atoms with E-state index in [2.05, 4.69) is 20.6 Å². The normalized spacial score (nSPS) is 11.4. The van der Waals surface area contributed by atoms with Gasteiger partial charge in [-0.2, -0.15) is 0 Å². The lowest BCUT2D eigenvalue weighted by atomic mass is 10.1. The Labute approximate surface area is 108 Å². The lowest BCUT2D eigenvalue weighted by Crippen LogP contribution is -2.29. The zero-order chi connectivity index (χ0) is 13.8. The first kappa shape index (κ1) is 14.4. The number of carbonyl (C=O) groups excluding carboxylic acids is 1. The van der Waals surface area contributed by atoms with Crippen LogP contribution in [0.1, 0.15) is 45.1 Å². The average Bonchev–Trinajstić information content (AvgIpc) is 2.23. The van der Waals surface area contributed by atoms with Gasteiger partial charge in [-0.25, -0.2) is 9.97 Å². The Morgan fingerprint density at radius 2 is 2.00 bits per heavy atom. The summed E-state index contributed by atoms with van der Waals surface area (Å²) < 4.78 is 0. The summed E-state index contributed by atoms with van der Waals surface area (Å²) in [6, 6.07) is 1.67. The minimum atomic E-state index is -0.164. The van der Waals surface area contributed by atoms with Crippen molar-refractivity contribution in [3.8, 4) is 0 Å². The van der Waals surface area contributed by atoms with Crippen LogP contribution in [-0.2, 0) is 0 Å². The fourth-order valence-electron chi connectivity index (χ4n) is 1.32. The van der Waals surface area contributed by atoms with Gasteiger partial charge < -0.3 is 10.6 Å². The van der Waals surface area contributed by atoms with Crippen molar-refractivity contribution in [1.82, 2.24) is 15.3 Å². The van der Waals surface area contributed by atoms with E-state index in [1.165, 1.54) is 6.33 Å². The van der Waals surface area contributed by atoms with Gasteiger partial charge >= 0.3 is 0 Å². The first-order valence-corrected chi connectivity index (χ1v) is 6.16. The second kappa shape index (κ2) is 5.80. The van der Waals surface area contributed by atoms with Crippen molar-refractivity contribution >= 4 is 11.7 Å². The molecule has 0 spiro atoms. The van der Waals surface area contributed by atoms with Crippen molar-refractivity contribution in [3.63, 3.8) is 0 Å². The predicted molar refractivity (Wildman–Crippen MR) is 72.6 cm³/mol. The summed E-state index contributed by atoms with van der Waals surface area (Å²) in [5.41, 5.74) is 0.289. The van der Waals surface area contributed by atoms with Crippen LogP contribution in [0.25, 0.3) is 0 Å². The Hall–Kier alpha value is -1.65. The van der Waals surface area contributed by atoms with Crippen LogP contribution in [0.2, 0.25) is 0 Å². The highest BCUT2D eigenvalue weighted by atomic mass is 16.1. The first-order chi connectivity index (χ1) is 8.28. The Kier molecular flexibility index (Phi) is 4.64. The minimum absolute atomic E-state index is 0.0972. The number of nitrogens with zero attached hydrogens (tertiary/aromatic N) is 2. The first-order valence-electron chi connectivity index (χ1n) is 6.16. The molecule has 1 aromatic rings. The van der Waals surface area contributed by atoms with Gasteiger partial charge in [0.2, 0.25) is 0 Å². The molecule has 2 N–H and O–H groups in total. The van der Waals surface area contributed by atoms with E-state index < -0.39 is 0 Å². The standard InChI is InChI=1S/C13H22N4O/c1-9(2)7-14-12(18)10-6-11(16-8-15-10)17-13(3,4)5/h6,8-9H,7H2,1-5H3,(H,14,18)(H,15,16,17). The maximum absolute atomic E-state index is 11.8. The summed E-state index contributed by atoms with van der Waals surface area (Å²) in [7, 11) is 0. The summed E-state index contributed by atoms with van der Waals surface area (Å²) in [6.07, 6.45) is 1.40. The molecule has 0 aromatic carbocycles. The lowest BCUT2D eigenvalue weighted by molar-refractivity contribution is 0.0944. The second-order valence-electron chi connectivity index (χ2n) is 5.77. The quantitative estimate of drug-likeness (QED) is 0.858. The van der Waals surface area contributed by atoms with Gasteiger partial charge in [-0.1, -0.05) is 13.8 Å². The van der Waals surface area contributed by atoms with Crippen LogP contribution in [0.4, 0.5) is 5.82 Å². The number of aromatic nitrogens is 2. The largest absolute Gasteiger partial charge is 0.365 e. The van der Waals surface area contributed by atoms with E-state index in [4.69, 9.17) is 0 Å². The summed E-state index contributed by atoms with van der Waals surface area (Å²) in [6.45, 7) is 10.8. The third kappa shape index (κ3) is 5.12. The molecule has 0 radical (unpaired) electrons. The predicted octanol–water partition coefficient (Wildman–Crippen LogP) is 2.07. The molecule has 0 aliphatic carbocycles. The van der Waals surface area contributed by atoms with Gasteiger partial charge in [0.1, 0.15) is 17.8 Å². The molecule has 5 nitrogen and oxygen atoms in total. The molecule has 1 heterocycles. The molecule has 0 aliphatic rings. The Morgan fingerprint density at radius 1 is 1.33 bits per heavy atom. The van der Waals surface area contributed by atoms with Crippen LogP contribution >= 0.6 is 0 Å². The summed E-state index contributed by atoms with van der Waals surface area (Å²) in [5, 5.41) is 6.04. The molecular formula is C13H22N4O. The molecule has 18 heavy (non-hydrogen) atoms. The molecule has 0 unspecified atom stereocenters. The minimum Gasteiger partial charge on any atom is -0.365 e. The fraction of sp³-hybridized carbons (Fsp3) is 0.615. The zero-order valence-electron chi connectivity index (χ0n) is 11.7. The van der Waals surface area contributed by atoms with Gasteiger partial charge in [-0.05, 0) is 26.7 Å².